The molecule has 0 aliphatic carbocycles. The Kier molecular flexibility index (Phi) is 5.95. The van der Waals surface area contributed by atoms with Gasteiger partial charge in [-0.2, -0.15) is 0 Å². The van der Waals surface area contributed by atoms with Gasteiger partial charge in [0.15, 0.2) is 0 Å². The second-order valence-corrected chi connectivity index (χ2v) is 8.51. The van der Waals surface area contributed by atoms with Gasteiger partial charge in [-0.1, -0.05) is 13.8 Å². The summed E-state index contributed by atoms with van der Waals surface area (Å²) < 4.78 is 27.7. The van der Waals surface area contributed by atoms with Crippen LogP contribution in [-0.4, -0.2) is 15.0 Å². The van der Waals surface area contributed by atoms with Crippen LogP contribution in [-0.2, 0) is 29.5 Å². The molecule has 116 valence electrons. The van der Waals surface area contributed by atoms with Crippen LogP contribution >= 0.6 is 22.7 Å². The molecule has 2 rings (SSSR count). The van der Waals surface area contributed by atoms with Gasteiger partial charge in [-0.05, 0) is 47.0 Å². The predicted molar refractivity (Wildman–Crippen MR) is 89.4 cm³/mol. The maximum atomic E-state index is 12.3. The van der Waals surface area contributed by atoms with Crippen LogP contribution in [0, 0.1) is 0 Å². The van der Waals surface area contributed by atoms with Crippen molar-refractivity contribution in [2.45, 2.75) is 37.6 Å². The minimum Gasteiger partial charge on any atom is -0.313 e. The van der Waals surface area contributed by atoms with Crippen LogP contribution in [0.4, 0.5) is 0 Å². The molecule has 0 unspecified atom stereocenters. The van der Waals surface area contributed by atoms with E-state index in [1.54, 1.807) is 17.4 Å². The van der Waals surface area contributed by atoms with Crippen LogP contribution in [0.3, 0.4) is 0 Å². The molecule has 0 aromatic carbocycles. The lowest BCUT2D eigenvalue weighted by molar-refractivity contribution is 0.583. The third kappa shape index (κ3) is 4.37. The van der Waals surface area contributed by atoms with E-state index in [0.29, 0.717) is 17.3 Å². The highest BCUT2D eigenvalue weighted by Crippen LogP contribution is 2.22. The Hall–Kier alpha value is -0.730. The van der Waals surface area contributed by atoms with Gasteiger partial charge in [0, 0.05) is 18.0 Å². The molecule has 2 aromatic heterocycles. The Morgan fingerprint density at radius 1 is 1.19 bits per heavy atom. The van der Waals surface area contributed by atoms with Gasteiger partial charge < -0.3 is 5.32 Å². The predicted octanol–water partition coefficient (Wildman–Crippen LogP) is 2.96. The molecular weight excluding hydrogens is 324 g/mol. The summed E-state index contributed by atoms with van der Waals surface area (Å²) in [7, 11) is -3.42. The maximum Gasteiger partial charge on any atom is 0.250 e. The number of thiophene rings is 2. The van der Waals surface area contributed by atoms with E-state index in [4.69, 9.17) is 0 Å². The van der Waals surface area contributed by atoms with Crippen molar-refractivity contribution in [1.82, 2.24) is 10.0 Å². The van der Waals surface area contributed by atoms with Gasteiger partial charge in [-0.25, -0.2) is 13.1 Å². The molecule has 2 aromatic rings. The van der Waals surface area contributed by atoms with Crippen LogP contribution in [0.25, 0.3) is 0 Å². The zero-order valence-electron chi connectivity index (χ0n) is 12.2. The molecule has 0 saturated carbocycles. The average molecular weight is 345 g/mol. The number of rotatable bonds is 8. The standard InChI is InChI=1S/C14H20N2O2S3/c1-3-12-5-6-19-13(12)9-16-21(17,18)14-7-11(10-20-14)8-15-4-2/h5-7,10,15-16H,3-4,8-9H2,1-2H3. The summed E-state index contributed by atoms with van der Waals surface area (Å²) >= 11 is 2.86. The largest absolute Gasteiger partial charge is 0.313 e. The maximum absolute atomic E-state index is 12.3. The Morgan fingerprint density at radius 2 is 2.00 bits per heavy atom. The van der Waals surface area contributed by atoms with E-state index < -0.39 is 10.0 Å². The molecule has 0 aliphatic heterocycles. The van der Waals surface area contributed by atoms with Gasteiger partial charge in [0.25, 0.3) is 0 Å². The number of sulfonamides is 1. The quantitative estimate of drug-likeness (QED) is 0.774. The summed E-state index contributed by atoms with van der Waals surface area (Å²) in [4.78, 5) is 1.09. The number of hydrogen-bond donors (Lipinski definition) is 2. The number of nitrogens with one attached hydrogen (secondary N) is 2. The highest BCUT2D eigenvalue weighted by molar-refractivity contribution is 7.91. The highest BCUT2D eigenvalue weighted by Gasteiger charge is 2.17. The Bertz CT molecular complexity index is 674. The van der Waals surface area contributed by atoms with Gasteiger partial charge in [-0.15, -0.1) is 22.7 Å². The van der Waals surface area contributed by atoms with E-state index in [0.717, 1.165) is 23.4 Å². The van der Waals surface area contributed by atoms with E-state index in [2.05, 4.69) is 17.0 Å². The lowest BCUT2D eigenvalue weighted by atomic mass is 10.2. The average Bonchev–Trinajstić information content (AvgIpc) is 3.12. The van der Waals surface area contributed by atoms with E-state index >= 15 is 0 Å². The first kappa shape index (κ1) is 16.6. The summed E-state index contributed by atoms with van der Waals surface area (Å²) in [6, 6.07) is 3.79. The third-order valence-corrected chi connectivity index (χ3v) is 6.97. The first-order valence-corrected chi connectivity index (χ1v) is 10.1. The molecule has 0 spiro atoms. The second kappa shape index (κ2) is 7.51. The Morgan fingerprint density at radius 3 is 2.71 bits per heavy atom. The monoisotopic (exact) mass is 344 g/mol. The molecule has 2 N–H and O–H groups in total. The molecule has 2 heterocycles. The smallest absolute Gasteiger partial charge is 0.250 e. The van der Waals surface area contributed by atoms with Crippen LogP contribution in [0.5, 0.6) is 0 Å². The first-order valence-electron chi connectivity index (χ1n) is 6.89. The molecule has 0 aliphatic rings. The summed E-state index contributed by atoms with van der Waals surface area (Å²) in [5.41, 5.74) is 2.22. The van der Waals surface area contributed by atoms with Crippen molar-refractivity contribution >= 4 is 32.7 Å². The van der Waals surface area contributed by atoms with E-state index in [1.807, 2.05) is 23.8 Å². The van der Waals surface area contributed by atoms with Crippen LogP contribution in [0.1, 0.15) is 29.9 Å². The molecule has 0 saturated heterocycles. The molecule has 0 bridgehead atoms. The summed E-state index contributed by atoms with van der Waals surface area (Å²) in [6.45, 7) is 6.04. The summed E-state index contributed by atoms with van der Waals surface area (Å²) in [5, 5.41) is 7.08. The van der Waals surface area contributed by atoms with Gasteiger partial charge in [0.05, 0.1) is 0 Å². The molecule has 0 amide bonds. The van der Waals surface area contributed by atoms with Crippen molar-refractivity contribution in [1.29, 1.82) is 0 Å². The van der Waals surface area contributed by atoms with Gasteiger partial charge in [0.2, 0.25) is 10.0 Å². The minimum atomic E-state index is -3.42. The van der Waals surface area contributed by atoms with Crippen molar-refractivity contribution in [3.8, 4) is 0 Å². The van der Waals surface area contributed by atoms with Crippen molar-refractivity contribution < 1.29 is 8.42 Å². The van der Waals surface area contributed by atoms with Crippen molar-refractivity contribution in [2.24, 2.45) is 0 Å². The lowest BCUT2D eigenvalue weighted by Gasteiger charge is -2.05. The van der Waals surface area contributed by atoms with Crippen molar-refractivity contribution in [3.63, 3.8) is 0 Å². The SMILES string of the molecule is CCNCc1csc(S(=O)(=O)NCc2sccc2CC)c1. The fourth-order valence-corrected chi connectivity index (χ4v) is 5.18. The molecule has 0 radical (unpaired) electrons. The summed E-state index contributed by atoms with van der Waals surface area (Å²) in [5.74, 6) is 0. The Labute approximate surface area is 134 Å². The van der Waals surface area contributed by atoms with Crippen LogP contribution in [0.15, 0.2) is 27.1 Å². The summed E-state index contributed by atoms with van der Waals surface area (Å²) in [6.07, 6.45) is 0.923. The van der Waals surface area contributed by atoms with Crippen molar-refractivity contribution in [2.75, 3.05) is 6.54 Å². The molecule has 0 fully saturated rings. The Balaban J connectivity index is 2.03. The van der Waals surface area contributed by atoms with Crippen molar-refractivity contribution in [3.05, 3.63) is 38.9 Å². The highest BCUT2D eigenvalue weighted by atomic mass is 32.2. The lowest BCUT2D eigenvalue weighted by Crippen LogP contribution is -2.22. The number of aryl methyl sites for hydroxylation is 1. The van der Waals surface area contributed by atoms with E-state index in [9.17, 15) is 8.42 Å². The molecule has 7 heteroatoms. The fourth-order valence-electron chi connectivity index (χ4n) is 1.92. The molecule has 21 heavy (non-hydrogen) atoms. The van der Waals surface area contributed by atoms with E-state index in [-0.39, 0.29) is 0 Å². The van der Waals surface area contributed by atoms with Gasteiger partial charge >= 0.3 is 0 Å². The second-order valence-electron chi connectivity index (χ2n) is 4.60. The zero-order chi connectivity index (χ0) is 15.3. The normalized spacial score (nSPS) is 11.9. The van der Waals surface area contributed by atoms with Crippen LogP contribution in [0.2, 0.25) is 0 Å². The van der Waals surface area contributed by atoms with Crippen LogP contribution < -0.4 is 10.0 Å². The third-order valence-electron chi connectivity index (χ3n) is 3.12. The minimum absolute atomic E-state index is 0.365. The van der Waals surface area contributed by atoms with E-state index in [1.165, 1.54) is 16.9 Å². The molecular formula is C14H20N2O2S3. The number of hydrogen-bond acceptors (Lipinski definition) is 5. The first-order chi connectivity index (χ1) is 10.1. The molecule has 4 nitrogen and oxygen atoms in total. The zero-order valence-corrected chi connectivity index (χ0v) is 14.6. The van der Waals surface area contributed by atoms with Gasteiger partial charge in [-0.3, -0.25) is 0 Å². The molecule has 0 atom stereocenters. The fraction of sp³-hybridized carbons (Fsp3) is 0.429. The topological polar surface area (TPSA) is 58.2 Å². The van der Waals surface area contributed by atoms with Gasteiger partial charge in [0.1, 0.15) is 4.21 Å².